The minimum Gasteiger partial charge on any atom is -0.376 e. The van der Waals surface area contributed by atoms with Gasteiger partial charge in [-0.2, -0.15) is 4.37 Å². The molecule has 1 unspecified atom stereocenters. The van der Waals surface area contributed by atoms with Gasteiger partial charge in [0, 0.05) is 71.4 Å². The van der Waals surface area contributed by atoms with Gasteiger partial charge >= 0.3 is 0 Å². The number of guanidine groups is 1. The van der Waals surface area contributed by atoms with Crippen LogP contribution in [0.3, 0.4) is 0 Å². The third-order valence-electron chi connectivity index (χ3n) is 5.25. The van der Waals surface area contributed by atoms with E-state index in [1.807, 2.05) is 0 Å². The minimum absolute atomic E-state index is 0.00203. The molecule has 2 aliphatic rings. The molecular formula is C19H33N7O2S. The molecule has 162 valence electrons. The largest absolute Gasteiger partial charge is 0.376 e. The summed E-state index contributed by atoms with van der Waals surface area (Å²) in [7, 11) is 3.51. The van der Waals surface area contributed by atoms with Crippen LogP contribution in [0.1, 0.15) is 32.0 Å². The van der Waals surface area contributed by atoms with E-state index in [1.165, 1.54) is 18.0 Å². The number of anilines is 1. The van der Waals surface area contributed by atoms with Crippen LogP contribution < -0.4 is 10.2 Å². The monoisotopic (exact) mass is 423 g/mol. The summed E-state index contributed by atoms with van der Waals surface area (Å²) in [6.45, 7) is 7.16. The lowest BCUT2D eigenvalue weighted by Gasteiger charge is -2.36. The van der Waals surface area contributed by atoms with Crippen LogP contribution in [0, 0.1) is 0 Å². The Morgan fingerprint density at radius 3 is 2.72 bits per heavy atom. The van der Waals surface area contributed by atoms with Crippen molar-refractivity contribution in [1.29, 1.82) is 0 Å². The van der Waals surface area contributed by atoms with Crippen molar-refractivity contribution >= 4 is 28.5 Å². The molecule has 2 saturated heterocycles. The van der Waals surface area contributed by atoms with Crippen molar-refractivity contribution in [3.8, 4) is 0 Å². The Morgan fingerprint density at radius 1 is 1.31 bits per heavy atom. The first-order chi connectivity index (χ1) is 14.1. The number of hydrogen-bond donors (Lipinski definition) is 1. The van der Waals surface area contributed by atoms with Gasteiger partial charge in [0.05, 0.1) is 6.10 Å². The molecule has 0 spiro atoms. The van der Waals surface area contributed by atoms with Gasteiger partial charge in [-0.05, 0) is 19.3 Å². The van der Waals surface area contributed by atoms with E-state index in [0.717, 1.165) is 75.5 Å². The maximum atomic E-state index is 12.0. The molecule has 29 heavy (non-hydrogen) atoms. The molecule has 0 radical (unpaired) electrons. The number of carbonyl (C=O) groups is 1. The summed E-state index contributed by atoms with van der Waals surface area (Å²) in [6.07, 6.45) is 4.50. The average molecular weight is 424 g/mol. The third-order valence-corrected chi connectivity index (χ3v) is 6.06. The van der Waals surface area contributed by atoms with Crippen molar-refractivity contribution in [1.82, 2.24) is 24.5 Å². The topological polar surface area (TPSA) is 86.2 Å². The number of aromatic nitrogens is 2. The average Bonchev–Trinajstić information content (AvgIpc) is 3.24. The molecule has 2 aliphatic heterocycles. The molecule has 0 bridgehead atoms. The van der Waals surface area contributed by atoms with E-state index < -0.39 is 0 Å². The van der Waals surface area contributed by atoms with E-state index in [0.29, 0.717) is 0 Å². The summed E-state index contributed by atoms with van der Waals surface area (Å²) in [6, 6.07) is 0. The normalized spacial score (nSPS) is 20.7. The van der Waals surface area contributed by atoms with Gasteiger partial charge in [0.25, 0.3) is 0 Å². The van der Waals surface area contributed by atoms with E-state index in [2.05, 4.69) is 36.4 Å². The van der Waals surface area contributed by atoms with Crippen LogP contribution in [-0.2, 0) is 16.0 Å². The van der Waals surface area contributed by atoms with Gasteiger partial charge in [0.1, 0.15) is 12.4 Å². The minimum atomic E-state index is -0.00203. The van der Waals surface area contributed by atoms with Gasteiger partial charge in [0.15, 0.2) is 5.96 Å². The van der Waals surface area contributed by atoms with Crippen LogP contribution in [0.2, 0.25) is 0 Å². The maximum Gasteiger partial charge on any atom is 0.243 e. The predicted molar refractivity (Wildman–Crippen MR) is 116 cm³/mol. The van der Waals surface area contributed by atoms with Crippen LogP contribution in [0.5, 0.6) is 0 Å². The molecule has 1 N–H and O–H groups in total. The molecule has 3 heterocycles. The zero-order valence-corrected chi connectivity index (χ0v) is 18.6. The molecule has 1 amide bonds. The van der Waals surface area contributed by atoms with Crippen molar-refractivity contribution in [2.45, 2.75) is 38.7 Å². The number of piperazine rings is 1. The van der Waals surface area contributed by atoms with Crippen molar-refractivity contribution in [3.63, 3.8) is 0 Å². The quantitative estimate of drug-likeness (QED) is 0.536. The molecule has 9 nitrogen and oxygen atoms in total. The number of carbonyl (C=O) groups excluding carboxylic acids is 1. The molecule has 1 aromatic rings. The van der Waals surface area contributed by atoms with E-state index >= 15 is 0 Å². The number of amides is 1. The molecule has 2 fully saturated rings. The zero-order valence-electron chi connectivity index (χ0n) is 17.8. The summed E-state index contributed by atoms with van der Waals surface area (Å²) in [5.41, 5.74) is 0. The Bertz CT molecular complexity index is 680. The molecule has 0 saturated carbocycles. The highest BCUT2D eigenvalue weighted by atomic mass is 32.1. The van der Waals surface area contributed by atoms with Gasteiger partial charge in [0.2, 0.25) is 11.0 Å². The first-order valence-electron chi connectivity index (χ1n) is 10.5. The summed E-state index contributed by atoms with van der Waals surface area (Å²) in [5, 5.41) is 4.45. The zero-order chi connectivity index (χ0) is 20.6. The van der Waals surface area contributed by atoms with Crippen LogP contribution >= 0.6 is 11.5 Å². The summed E-state index contributed by atoms with van der Waals surface area (Å²) < 4.78 is 10.2. The van der Waals surface area contributed by atoms with Gasteiger partial charge in [-0.15, -0.1) is 0 Å². The third kappa shape index (κ3) is 6.27. The van der Waals surface area contributed by atoms with Crippen molar-refractivity contribution in [2.75, 3.05) is 64.9 Å². The molecule has 1 atom stereocenters. The standard InChI is InChI=1S/C19H33N7O2S/c1-4-16-22-19(29-23-16)26-10-8-25(9-11-26)18(21-14-17(27)24(2)3)20-13-15-7-5-6-12-28-15/h15H,4-14H2,1-3H3,(H,20,21). The number of nitrogens with one attached hydrogen (secondary N) is 1. The smallest absolute Gasteiger partial charge is 0.243 e. The number of hydrogen-bond acceptors (Lipinski definition) is 7. The van der Waals surface area contributed by atoms with Gasteiger partial charge in [-0.1, -0.05) is 6.92 Å². The highest BCUT2D eigenvalue weighted by molar-refractivity contribution is 7.09. The number of ether oxygens (including phenoxy) is 1. The summed E-state index contributed by atoms with van der Waals surface area (Å²) >= 11 is 1.47. The van der Waals surface area contributed by atoms with E-state index in [4.69, 9.17) is 4.74 Å². The number of aryl methyl sites for hydroxylation is 1. The highest BCUT2D eigenvalue weighted by Crippen LogP contribution is 2.19. The molecule has 10 heteroatoms. The molecule has 1 aromatic heterocycles. The van der Waals surface area contributed by atoms with Crippen molar-refractivity contribution in [2.24, 2.45) is 4.99 Å². The lowest BCUT2D eigenvalue weighted by atomic mass is 10.1. The Hall–Kier alpha value is -1.94. The van der Waals surface area contributed by atoms with Gasteiger partial charge < -0.3 is 24.8 Å². The first kappa shape index (κ1) is 21.8. The van der Waals surface area contributed by atoms with E-state index in [-0.39, 0.29) is 18.6 Å². The lowest BCUT2D eigenvalue weighted by molar-refractivity contribution is -0.127. The summed E-state index contributed by atoms with van der Waals surface area (Å²) in [5.74, 6) is 1.70. The van der Waals surface area contributed by atoms with Crippen molar-refractivity contribution < 1.29 is 9.53 Å². The summed E-state index contributed by atoms with van der Waals surface area (Å²) in [4.78, 5) is 27.3. The molecule has 0 aliphatic carbocycles. The van der Waals surface area contributed by atoms with Crippen LogP contribution in [0.15, 0.2) is 4.99 Å². The number of aliphatic imine (C=N–C) groups is 1. The molecule has 3 rings (SSSR count). The Balaban J connectivity index is 1.59. The number of rotatable bonds is 6. The van der Waals surface area contributed by atoms with E-state index in [1.54, 1.807) is 19.0 Å². The first-order valence-corrected chi connectivity index (χ1v) is 11.3. The Morgan fingerprint density at radius 2 is 2.10 bits per heavy atom. The maximum absolute atomic E-state index is 12.0. The predicted octanol–water partition coefficient (Wildman–Crippen LogP) is 0.825. The lowest BCUT2D eigenvalue weighted by Crippen LogP contribution is -2.54. The van der Waals surface area contributed by atoms with Crippen molar-refractivity contribution in [3.05, 3.63) is 5.82 Å². The SMILES string of the molecule is CCc1nsc(N2CCN(C(=NCC(=O)N(C)C)NCC3CCCCO3)CC2)n1. The fourth-order valence-corrected chi connectivity index (χ4v) is 4.15. The Labute approximate surface area is 177 Å². The van der Waals surface area contributed by atoms with Gasteiger partial charge in [-0.3, -0.25) is 4.79 Å². The Kier molecular flexibility index (Phi) is 8.05. The second-order valence-electron chi connectivity index (χ2n) is 7.62. The molecular weight excluding hydrogens is 390 g/mol. The van der Waals surface area contributed by atoms with E-state index in [9.17, 15) is 4.79 Å². The number of nitrogens with zero attached hydrogens (tertiary/aromatic N) is 6. The van der Waals surface area contributed by atoms with Crippen LogP contribution in [0.4, 0.5) is 5.13 Å². The highest BCUT2D eigenvalue weighted by Gasteiger charge is 2.23. The van der Waals surface area contributed by atoms with Crippen LogP contribution in [-0.4, -0.2) is 97.1 Å². The second-order valence-corrected chi connectivity index (χ2v) is 8.35. The fourth-order valence-electron chi connectivity index (χ4n) is 3.35. The molecule has 0 aromatic carbocycles. The number of likely N-dealkylation sites (N-methyl/N-ethyl adjacent to an activating group) is 1. The van der Waals surface area contributed by atoms with Gasteiger partial charge in [-0.25, -0.2) is 9.98 Å². The second kappa shape index (κ2) is 10.7. The van der Waals surface area contributed by atoms with Crippen LogP contribution in [0.25, 0.3) is 0 Å². The fraction of sp³-hybridized carbons (Fsp3) is 0.789.